The minimum absolute atomic E-state index is 0.198. The first-order chi connectivity index (χ1) is 15.3. The number of hydrogen-bond donors (Lipinski definition) is 1. The lowest BCUT2D eigenvalue weighted by atomic mass is 9.93. The molecular formula is C23H47O8P. The van der Waals surface area contributed by atoms with Crippen molar-refractivity contribution in [1.82, 2.24) is 0 Å². The van der Waals surface area contributed by atoms with Crippen LogP contribution in [0.5, 0.6) is 0 Å². The first-order valence-corrected chi connectivity index (χ1v) is 14.2. The van der Waals surface area contributed by atoms with Gasteiger partial charge >= 0.3 is 7.60 Å². The third-order valence-electron chi connectivity index (χ3n) is 5.40. The largest absolute Gasteiger partial charge is 0.373 e. The van der Waals surface area contributed by atoms with Crippen molar-refractivity contribution in [3.63, 3.8) is 0 Å². The molecule has 1 fully saturated rings. The highest BCUT2D eigenvalue weighted by Gasteiger charge is 2.57. The summed E-state index contributed by atoms with van der Waals surface area (Å²) in [6.07, 6.45) is 2.85. The molecule has 0 aromatic carbocycles. The monoisotopic (exact) mass is 482 g/mol. The molecule has 5 atom stereocenters. The van der Waals surface area contributed by atoms with E-state index in [2.05, 4.69) is 20.8 Å². The van der Waals surface area contributed by atoms with E-state index >= 15 is 0 Å². The Morgan fingerprint density at radius 3 is 1.75 bits per heavy atom. The van der Waals surface area contributed by atoms with E-state index in [1.54, 1.807) is 13.8 Å². The first kappa shape index (κ1) is 30.0. The van der Waals surface area contributed by atoms with E-state index in [-0.39, 0.29) is 19.4 Å². The van der Waals surface area contributed by atoms with Crippen LogP contribution in [-0.2, 0) is 32.6 Å². The molecule has 0 aromatic rings. The summed E-state index contributed by atoms with van der Waals surface area (Å²) >= 11 is 0. The lowest BCUT2D eigenvalue weighted by Crippen LogP contribution is -2.67. The van der Waals surface area contributed by atoms with Crippen LogP contribution in [0, 0.1) is 0 Å². The van der Waals surface area contributed by atoms with Crippen molar-refractivity contribution in [2.75, 3.05) is 39.2 Å². The Labute approximate surface area is 195 Å². The molecule has 0 unspecified atom stereocenters. The Hall–Kier alpha value is -0.0500. The number of rotatable bonds is 18. The Kier molecular flexibility index (Phi) is 14.8. The maximum atomic E-state index is 13.3. The Morgan fingerprint density at radius 2 is 1.28 bits per heavy atom. The third kappa shape index (κ3) is 9.30. The van der Waals surface area contributed by atoms with Gasteiger partial charge < -0.3 is 33.1 Å². The number of aliphatic hydroxyl groups is 1. The van der Waals surface area contributed by atoms with Gasteiger partial charge in [-0.15, -0.1) is 0 Å². The zero-order valence-electron chi connectivity index (χ0n) is 21.0. The van der Waals surface area contributed by atoms with Crippen molar-refractivity contribution in [3.05, 3.63) is 0 Å². The van der Waals surface area contributed by atoms with Gasteiger partial charge in [0.05, 0.1) is 19.3 Å². The molecule has 1 aliphatic heterocycles. The predicted octanol–water partition coefficient (Wildman–Crippen LogP) is 4.92. The summed E-state index contributed by atoms with van der Waals surface area (Å²) in [5.74, 6) is -1.89. The van der Waals surface area contributed by atoms with Gasteiger partial charge in [0.25, 0.3) is 0 Å². The second-order valence-corrected chi connectivity index (χ2v) is 10.3. The van der Waals surface area contributed by atoms with E-state index in [0.29, 0.717) is 19.8 Å². The highest BCUT2D eigenvalue weighted by Crippen LogP contribution is 2.53. The van der Waals surface area contributed by atoms with Crippen molar-refractivity contribution >= 4 is 7.60 Å². The van der Waals surface area contributed by atoms with Crippen LogP contribution in [0.25, 0.3) is 0 Å². The van der Waals surface area contributed by atoms with Gasteiger partial charge in [0.1, 0.15) is 24.5 Å². The molecule has 1 rings (SSSR count). The summed E-state index contributed by atoms with van der Waals surface area (Å²) in [4.78, 5) is 0. The van der Waals surface area contributed by atoms with Gasteiger partial charge in [0.2, 0.25) is 5.79 Å². The minimum Gasteiger partial charge on any atom is -0.373 e. The van der Waals surface area contributed by atoms with Crippen LogP contribution in [0.4, 0.5) is 0 Å². The van der Waals surface area contributed by atoms with Crippen LogP contribution in [0.2, 0.25) is 0 Å². The quantitative estimate of drug-likeness (QED) is 0.217. The van der Waals surface area contributed by atoms with Crippen molar-refractivity contribution in [2.24, 2.45) is 0 Å². The van der Waals surface area contributed by atoms with E-state index in [1.807, 2.05) is 6.92 Å². The van der Waals surface area contributed by atoms with E-state index in [9.17, 15) is 9.67 Å². The predicted molar refractivity (Wildman–Crippen MR) is 125 cm³/mol. The second-order valence-electron chi connectivity index (χ2n) is 8.30. The Morgan fingerprint density at radius 1 is 0.812 bits per heavy atom. The summed E-state index contributed by atoms with van der Waals surface area (Å²) in [7, 11) is -3.61. The van der Waals surface area contributed by atoms with Gasteiger partial charge in [-0.25, -0.2) is 0 Å². The van der Waals surface area contributed by atoms with Crippen LogP contribution < -0.4 is 0 Å². The van der Waals surface area contributed by atoms with Crippen molar-refractivity contribution < 1.29 is 37.7 Å². The highest BCUT2D eigenvalue weighted by molar-refractivity contribution is 7.53. The molecule has 0 amide bonds. The van der Waals surface area contributed by atoms with Crippen LogP contribution in [0.1, 0.15) is 80.1 Å². The van der Waals surface area contributed by atoms with Crippen molar-refractivity contribution in [1.29, 1.82) is 0 Å². The number of ether oxygens (including phenoxy) is 4. The normalized spacial score (nSPS) is 28.8. The topological polar surface area (TPSA) is 92.7 Å². The maximum Gasteiger partial charge on any atom is 0.336 e. The molecule has 192 valence electrons. The van der Waals surface area contributed by atoms with Gasteiger partial charge in [-0.1, -0.05) is 40.0 Å². The van der Waals surface area contributed by atoms with Crippen LogP contribution in [0.15, 0.2) is 0 Å². The molecule has 0 spiro atoms. The fourth-order valence-corrected chi connectivity index (χ4v) is 5.65. The molecule has 1 N–H and O–H groups in total. The zero-order valence-corrected chi connectivity index (χ0v) is 21.9. The van der Waals surface area contributed by atoms with Gasteiger partial charge in [-0.05, 0) is 40.0 Å². The number of hydrogen-bond acceptors (Lipinski definition) is 8. The highest BCUT2D eigenvalue weighted by atomic mass is 31.2. The van der Waals surface area contributed by atoms with Crippen LogP contribution in [0.3, 0.4) is 0 Å². The fourth-order valence-electron chi connectivity index (χ4n) is 3.80. The van der Waals surface area contributed by atoms with Crippen LogP contribution >= 0.6 is 7.60 Å². The van der Waals surface area contributed by atoms with Crippen molar-refractivity contribution in [2.45, 2.75) is 110 Å². The summed E-state index contributed by atoms with van der Waals surface area (Å²) in [5, 5.41) is 11.7. The minimum atomic E-state index is -3.61. The molecule has 0 bridgehead atoms. The first-order valence-electron chi connectivity index (χ1n) is 12.4. The van der Waals surface area contributed by atoms with E-state index in [4.69, 9.17) is 28.0 Å². The average molecular weight is 483 g/mol. The van der Waals surface area contributed by atoms with Gasteiger partial charge in [-0.2, -0.15) is 0 Å². The summed E-state index contributed by atoms with van der Waals surface area (Å²) in [6, 6.07) is 0. The number of unbranched alkanes of at least 4 members (excludes halogenated alkanes) is 3. The van der Waals surface area contributed by atoms with Gasteiger partial charge in [-0.3, -0.25) is 4.57 Å². The molecule has 1 heterocycles. The Bertz CT molecular complexity index is 524. The summed E-state index contributed by atoms with van der Waals surface area (Å²) in [6.45, 7) is 13.5. The third-order valence-corrected chi connectivity index (χ3v) is 7.55. The molecule has 1 aliphatic rings. The lowest BCUT2D eigenvalue weighted by molar-refractivity contribution is -0.351. The lowest BCUT2D eigenvalue weighted by Gasteiger charge is -2.50. The molecular weight excluding hydrogens is 435 g/mol. The second kappa shape index (κ2) is 15.8. The van der Waals surface area contributed by atoms with Gasteiger partial charge in [0.15, 0.2) is 0 Å². The molecule has 32 heavy (non-hydrogen) atoms. The molecule has 0 radical (unpaired) electrons. The summed E-state index contributed by atoms with van der Waals surface area (Å²) in [5.41, 5.74) is 0. The fraction of sp³-hybridized carbons (Fsp3) is 1.00. The molecule has 8 nitrogen and oxygen atoms in total. The molecule has 0 saturated carbocycles. The average Bonchev–Trinajstić information content (AvgIpc) is 2.72. The molecule has 0 aromatic heterocycles. The smallest absolute Gasteiger partial charge is 0.336 e. The van der Waals surface area contributed by atoms with Crippen molar-refractivity contribution in [3.8, 4) is 0 Å². The van der Waals surface area contributed by atoms with Crippen LogP contribution in [-0.4, -0.2) is 74.5 Å². The maximum absolute atomic E-state index is 13.3. The molecule has 1 saturated heterocycles. The Balaban J connectivity index is 3.25. The molecule has 9 heteroatoms. The zero-order chi connectivity index (χ0) is 24.0. The van der Waals surface area contributed by atoms with E-state index in [1.165, 1.54) is 0 Å². The van der Waals surface area contributed by atoms with E-state index in [0.717, 1.165) is 38.5 Å². The summed E-state index contributed by atoms with van der Waals surface area (Å²) < 4.78 is 48.9. The molecule has 0 aliphatic carbocycles. The van der Waals surface area contributed by atoms with E-state index < -0.39 is 37.8 Å². The standard InChI is InChI=1S/C23H47O8P/c1-7-12-15-26-20-19(6)31-23(24,18-32(25,29-10-4)30-11-5)22(28-17-14-9-3)21(20)27-16-13-8-2/h19-22,24H,7-18H2,1-6H3/t19-,20+,21+,22-,23+/m0/s1. The SMILES string of the molecule is CCCCO[C@@H]1[C@H](OCCCC)[C@H](C)O[C@](O)(CP(=O)(OCC)OCC)[C@H]1OCCCC. The van der Waals surface area contributed by atoms with Gasteiger partial charge in [0, 0.05) is 19.8 Å².